The van der Waals surface area contributed by atoms with Crippen molar-refractivity contribution in [3.63, 3.8) is 0 Å². The van der Waals surface area contributed by atoms with Crippen LogP contribution < -0.4 is 0 Å². The van der Waals surface area contributed by atoms with Crippen LogP contribution in [0.15, 0.2) is 24.3 Å². The highest BCUT2D eigenvalue weighted by Gasteiger charge is 2.27. The van der Waals surface area contributed by atoms with Crippen LogP contribution in [0.25, 0.3) is 0 Å². The van der Waals surface area contributed by atoms with Crippen molar-refractivity contribution >= 4 is 0 Å². The molecule has 0 bridgehead atoms. The molecular formula is C14H22O. The lowest BCUT2D eigenvalue weighted by molar-refractivity contribution is 0.146. The molecule has 1 N–H and O–H groups in total. The SMILES string of the molecule is C=C1CC(C2C=CCCCC2)CCC1O. The van der Waals surface area contributed by atoms with Crippen molar-refractivity contribution in [2.24, 2.45) is 11.8 Å². The molecule has 1 saturated carbocycles. The number of hydrogen-bond acceptors (Lipinski definition) is 1. The van der Waals surface area contributed by atoms with Crippen LogP contribution in [0.4, 0.5) is 0 Å². The van der Waals surface area contributed by atoms with Crippen molar-refractivity contribution in [1.82, 2.24) is 0 Å². The number of allylic oxidation sites excluding steroid dienone is 2. The minimum absolute atomic E-state index is 0.226. The molecule has 1 fully saturated rings. The zero-order valence-electron chi connectivity index (χ0n) is 9.49. The Morgan fingerprint density at radius 1 is 1.20 bits per heavy atom. The van der Waals surface area contributed by atoms with E-state index in [1.807, 2.05) is 0 Å². The molecule has 0 aromatic carbocycles. The summed E-state index contributed by atoms with van der Waals surface area (Å²) >= 11 is 0. The summed E-state index contributed by atoms with van der Waals surface area (Å²) in [5, 5.41) is 9.63. The Morgan fingerprint density at radius 3 is 2.87 bits per heavy atom. The Morgan fingerprint density at radius 2 is 2.07 bits per heavy atom. The Balaban J connectivity index is 1.95. The van der Waals surface area contributed by atoms with Gasteiger partial charge in [0.2, 0.25) is 0 Å². The second-order valence-corrected chi connectivity index (χ2v) is 5.09. The number of rotatable bonds is 1. The van der Waals surface area contributed by atoms with Gasteiger partial charge in [0.05, 0.1) is 6.10 Å². The van der Waals surface area contributed by atoms with Crippen LogP contribution in [0.3, 0.4) is 0 Å². The normalized spacial score (nSPS) is 37.7. The summed E-state index contributed by atoms with van der Waals surface area (Å²) < 4.78 is 0. The third kappa shape index (κ3) is 2.72. The Kier molecular flexibility index (Phi) is 3.63. The van der Waals surface area contributed by atoms with E-state index in [9.17, 15) is 5.11 Å². The molecule has 2 rings (SSSR count). The number of aliphatic hydroxyl groups excluding tert-OH is 1. The summed E-state index contributed by atoms with van der Waals surface area (Å²) in [6.07, 6.45) is 13.0. The van der Waals surface area contributed by atoms with Gasteiger partial charge in [-0.1, -0.05) is 25.2 Å². The third-order valence-electron chi connectivity index (χ3n) is 3.95. The van der Waals surface area contributed by atoms with Crippen LogP contribution in [-0.2, 0) is 0 Å². The fraction of sp³-hybridized carbons (Fsp3) is 0.714. The molecule has 0 amide bonds. The molecule has 0 radical (unpaired) electrons. The maximum Gasteiger partial charge on any atom is 0.0747 e. The van der Waals surface area contributed by atoms with Gasteiger partial charge in [0, 0.05) is 0 Å². The standard InChI is InChI=1S/C14H22O/c1-11-10-13(8-9-14(11)15)12-6-4-2-3-5-7-12/h4,6,12-15H,1-3,5,7-10H2. The van der Waals surface area contributed by atoms with Gasteiger partial charge in [0.25, 0.3) is 0 Å². The predicted octanol–water partition coefficient (Wildman–Crippen LogP) is 3.45. The molecule has 0 saturated heterocycles. The first kappa shape index (κ1) is 10.9. The van der Waals surface area contributed by atoms with Crippen LogP contribution in [0.2, 0.25) is 0 Å². The molecule has 0 spiro atoms. The maximum absolute atomic E-state index is 9.63. The monoisotopic (exact) mass is 206 g/mol. The highest BCUT2D eigenvalue weighted by molar-refractivity contribution is 5.09. The van der Waals surface area contributed by atoms with Gasteiger partial charge < -0.3 is 5.11 Å². The molecule has 84 valence electrons. The average molecular weight is 206 g/mol. The molecular weight excluding hydrogens is 184 g/mol. The molecule has 3 atom stereocenters. The lowest BCUT2D eigenvalue weighted by Crippen LogP contribution is -2.25. The minimum Gasteiger partial charge on any atom is -0.389 e. The lowest BCUT2D eigenvalue weighted by Gasteiger charge is -2.32. The molecule has 0 aromatic heterocycles. The van der Waals surface area contributed by atoms with Crippen molar-refractivity contribution in [2.45, 2.75) is 51.0 Å². The summed E-state index contributed by atoms with van der Waals surface area (Å²) in [6.45, 7) is 3.99. The average Bonchev–Trinajstić information content (AvgIpc) is 2.50. The summed E-state index contributed by atoms with van der Waals surface area (Å²) in [4.78, 5) is 0. The van der Waals surface area contributed by atoms with E-state index in [0.29, 0.717) is 0 Å². The van der Waals surface area contributed by atoms with Gasteiger partial charge in [0.1, 0.15) is 0 Å². The van der Waals surface area contributed by atoms with Gasteiger partial charge in [-0.15, -0.1) is 0 Å². The molecule has 2 aliphatic rings. The first-order valence-electron chi connectivity index (χ1n) is 6.30. The Labute approximate surface area is 92.9 Å². The van der Waals surface area contributed by atoms with Crippen LogP contribution in [-0.4, -0.2) is 11.2 Å². The van der Waals surface area contributed by atoms with Gasteiger partial charge in [-0.3, -0.25) is 0 Å². The van der Waals surface area contributed by atoms with Crippen molar-refractivity contribution in [1.29, 1.82) is 0 Å². The molecule has 1 heteroatoms. The second kappa shape index (κ2) is 4.98. The van der Waals surface area contributed by atoms with E-state index in [0.717, 1.165) is 30.3 Å². The second-order valence-electron chi connectivity index (χ2n) is 5.09. The molecule has 1 nitrogen and oxygen atoms in total. The molecule has 2 aliphatic carbocycles. The third-order valence-corrected chi connectivity index (χ3v) is 3.95. The quantitative estimate of drug-likeness (QED) is 0.651. The van der Waals surface area contributed by atoms with Gasteiger partial charge in [-0.05, 0) is 55.9 Å². The van der Waals surface area contributed by atoms with E-state index < -0.39 is 0 Å². The molecule has 0 aromatic rings. The van der Waals surface area contributed by atoms with Crippen molar-refractivity contribution in [2.75, 3.05) is 0 Å². The lowest BCUT2D eigenvalue weighted by atomic mass is 9.75. The largest absolute Gasteiger partial charge is 0.389 e. The van der Waals surface area contributed by atoms with Crippen LogP contribution in [0.5, 0.6) is 0 Å². The first-order chi connectivity index (χ1) is 7.27. The predicted molar refractivity (Wildman–Crippen MR) is 63.6 cm³/mol. The van der Waals surface area contributed by atoms with Gasteiger partial charge in [0.15, 0.2) is 0 Å². The highest BCUT2D eigenvalue weighted by Crippen LogP contribution is 2.36. The zero-order valence-corrected chi connectivity index (χ0v) is 9.49. The van der Waals surface area contributed by atoms with Crippen molar-refractivity contribution in [3.05, 3.63) is 24.3 Å². The topological polar surface area (TPSA) is 20.2 Å². The fourth-order valence-corrected chi connectivity index (χ4v) is 2.92. The maximum atomic E-state index is 9.63. The molecule has 15 heavy (non-hydrogen) atoms. The van der Waals surface area contributed by atoms with E-state index in [2.05, 4.69) is 18.7 Å². The van der Waals surface area contributed by atoms with E-state index in [1.165, 1.54) is 32.1 Å². The minimum atomic E-state index is -0.226. The number of hydrogen-bond donors (Lipinski definition) is 1. The Bertz CT molecular complexity index is 254. The van der Waals surface area contributed by atoms with E-state index in [-0.39, 0.29) is 6.10 Å². The molecule has 3 unspecified atom stereocenters. The van der Waals surface area contributed by atoms with Crippen LogP contribution in [0.1, 0.15) is 44.9 Å². The van der Waals surface area contributed by atoms with Gasteiger partial charge >= 0.3 is 0 Å². The van der Waals surface area contributed by atoms with E-state index in [1.54, 1.807) is 0 Å². The van der Waals surface area contributed by atoms with Crippen molar-refractivity contribution in [3.8, 4) is 0 Å². The first-order valence-corrected chi connectivity index (χ1v) is 6.30. The molecule has 0 heterocycles. The van der Waals surface area contributed by atoms with Crippen LogP contribution in [0, 0.1) is 11.8 Å². The van der Waals surface area contributed by atoms with Crippen LogP contribution >= 0.6 is 0 Å². The van der Waals surface area contributed by atoms with Crippen molar-refractivity contribution < 1.29 is 5.11 Å². The summed E-state index contributed by atoms with van der Waals surface area (Å²) in [5.74, 6) is 1.49. The highest BCUT2D eigenvalue weighted by atomic mass is 16.3. The zero-order chi connectivity index (χ0) is 10.7. The summed E-state index contributed by atoms with van der Waals surface area (Å²) in [5.41, 5.74) is 1.06. The summed E-state index contributed by atoms with van der Waals surface area (Å²) in [7, 11) is 0. The van der Waals surface area contributed by atoms with E-state index in [4.69, 9.17) is 0 Å². The Hall–Kier alpha value is -0.560. The fourth-order valence-electron chi connectivity index (χ4n) is 2.92. The summed E-state index contributed by atoms with van der Waals surface area (Å²) in [6, 6.07) is 0. The van der Waals surface area contributed by atoms with Gasteiger partial charge in [-0.2, -0.15) is 0 Å². The van der Waals surface area contributed by atoms with E-state index >= 15 is 0 Å². The smallest absolute Gasteiger partial charge is 0.0747 e. The number of aliphatic hydroxyl groups is 1. The molecule has 0 aliphatic heterocycles. The van der Waals surface area contributed by atoms with Gasteiger partial charge in [-0.25, -0.2) is 0 Å².